The molecule has 1 aliphatic carbocycles. The molecule has 0 unspecified atom stereocenters. The maximum atomic E-state index is 13.3. The zero-order valence-electron chi connectivity index (χ0n) is 21.6. The lowest BCUT2D eigenvalue weighted by atomic mass is 9.98. The molecule has 38 heavy (non-hydrogen) atoms. The van der Waals surface area contributed by atoms with Crippen LogP contribution in [0.15, 0.2) is 60.8 Å². The number of halogens is 1. The SMILES string of the molecule is Cc1cc(-c2ccc3ncc(C(=O)C4CC4)c(Nc4cccc(CCN5CCCC5)c4)c3c2)cc(Cl)c1O. The Morgan fingerprint density at radius 1 is 1.08 bits per heavy atom. The highest BCUT2D eigenvalue weighted by molar-refractivity contribution is 6.32. The molecule has 0 amide bonds. The van der Waals surface area contributed by atoms with Gasteiger partial charge in [0.05, 0.1) is 21.8 Å². The van der Waals surface area contributed by atoms with Gasteiger partial charge in [-0.15, -0.1) is 0 Å². The van der Waals surface area contributed by atoms with E-state index in [-0.39, 0.29) is 17.5 Å². The number of ketones is 1. The van der Waals surface area contributed by atoms with E-state index < -0.39 is 0 Å². The number of hydrogen-bond donors (Lipinski definition) is 2. The van der Waals surface area contributed by atoms with Gasteiger partial charge in [0, 0.05) is 29.7 Å². The Kier molecular flexibility index (Phi) is 6.81. The average molecular weight is 526 g/mol. The highest BCUT2D eigenvalue weighted by Crippen LogP contribution is 2.39. The highest BCUT2D eigenvalue weighted by atomic mass is 35.5. The molecule has 0 radical (unpaired) electrons. The molecule has 3 aromatic carbocycles. The van der Waals surface area contributed by atoms with Crippen molar-refractivity contribution in [1.29, 1.82) is 0 Å². The van der Waals surface area contributed by atoms with Crippen LogP contribution in [-0.2, 0) is 6.42 Å². The van der Waals surface area contributed by atoms with Gasteiger partial charge in [-0.1, -0.05) is 29.8 Å². The maximum absolute atomic E-state index is 13.3. The van der Waals surface area contributed by atoms with E-state index in [4.69, 9.17) is 11.6 Å². The Morgan fingerprint density at radius 3 is 2.66 bits per heavy atom. The maximum Gasteiger partial charge on any atom is 0.169 e. The van der Waals surface area contributed by atoms with Gasteiger partial charge in [0.1, 0.15) is 5.75 Å². The smallest absolute Gasteiger partial charge is 0.169 e. The van der Waals surface area contributed by atoms with Crippen LogP contribution in [0.4, 0.5) is 11.4 Å². The zero-order chi connectivity index (χ0) is 26.2. The van der Waals surface area contributed by atoms with Crippen molar-refractivity contribution < 1.29 is 9.90 Å². The number of Topliss-reactive ketones (excluding diaryl/α,β-unsaturated/α-hetero) is 1. The van der Waals surface area contributed by atoms with Crippen LogP contribution in [-0.4, -0.2) is 40.4 Å². The highest BCUT2D eigenvalue weighted by Gasteiger charge is 2.32. The van der Waals surface area contributed by atoms with Gasteiger partial charge in [0.2, 0.25) is 0 Å². The number of benzene rings is 3. The molecule has 2 heterocycles. The summed E-state index contributed by atoms with van der Waals surface area (Å²) in [6.07, 6.45) is 7.20. The largest absolute Gasteiger partial charge is 0.506 e. The predicted molar refractivity (Wildman–Crippen MR) is 155 cm³/mol. The van der Waals surface area contributed by atoms with Crippen LogP contribution in [0.5, 0.6) is 5.75 Å². The lowest BCUT2D eigenvalue weighted by Gasteiger charge is -2.17. The van der Waals surface area contributed by atoms with Crippen LogP contribution in [0.1, 0.15) is 47.2 Å². The molecule has 194 valence electrons. The number of phenolic OH excluding ortho intramolecular Hbond substituents is 1. The minimum absolute atomic E-state index is 0.0864. The van der Waals surface area contributed by atoms with Crippen LogP contribution >= 0.6 is 11.6 Å². The molecule has 1 saturated carbocycles. The number of fused-ring (bicyclic) bond motifs is 1. The summed E-state index contributed by atoms with van der Waals surface area (Å²) in [5.74, 6) is 0.339. The number of likely N-dealkylation sites (tertiary alicyclic amines) is 1. The molecule has 2 aliphatic rings. The van der Waals surface area contributed by atoms with Crippen LogP contribution in [0.25, 0.3) is 22.0 Å². The summed E-state index contributed by atoms with van der Waals surface area (Å²) in [6.45, 7) is 5.30. The van der Waals surface area contributed by atoms with Crippen molar-refractivity contribution >= 4 is 39.7 Å². The molecule has 1 aliphatic heterocycles. The molecule has 5 nitrogen and oxygen atoms in total. The molecular weight excluding hydrogens is 494 g/mol. The molecule has 6 heteroatoms. The van der Waals surface area contributed by atoms with Gasteiger partial charge >= 0.3 is 0 Å². The quantitative estimate of drug-likeness (QED) is 0.232. The van der Waals surface area contributed by atoms with Crippen molar-refractivity contribution in [3.05, 3.63) is 82.5 Å². The minimum atomic E-state index is 0.0864. The molecule has 0 spiro atoms. The first-order chi connectivity index (χ1) is 18.5. The van der Waals surface area contributed by atoms with Crippen molar-refractivity contribution in [2.24, 2.45) is 5.92 Å². The number of anilines is 2. The first kappa shape index (κ1) is 24.9. The number of aryl methyl sites for hydroxylation is 1. The third-order valence-corrected chi connectivity index (χ3v) is 8.07. The number of aromatic nitrogens is 1. The normalized spacial score (nSPS) is 15.7. The standard InChI is InChI=1S/C32H32ClN3O2/c1-20-15-24(18-28(33)31(20)37)23-9-10-29-26(17-23)30(27(19-34-29)32(38)22-7-8-22)35-25-6-4-5-21(16-25)11-14-36-12-2-3-13-36/h4-6,9-10,15-19,22,37H,2-3,7-8,11-14H2,1H3,(H,34,35). The van der Waals surface area contributed by atoms with E-state index in [1.807, 2.05) is 25.1 Å². The summed E-state index contributed by atoms with van der Waals surface area (Å²) in [5.41, 5.74) is 7.07. The first-order valence-corrected chi connectivity index (χ1v) is 13.9. The van der Waals surface area contributed by atoms with Gasteiger partial charge in [0.25, 0.3) is 0 Å². The van der Waals surface area contributed by atoms with Crippen LogP contribution in [0.3, 0.4) is 0 Å². The summed E-state index contributed by atoms with van der Waals surface area (Å²) in [4.78, 5) is 20.5. The third-order valence-electron chi connectivity index (χ3n) is 7.78. The van der Waals surface area contributed by atoms with Crippen molar-refractivity contribution in [3.8, 4) is 16.9 Å². The number of hydrogen-bond acceptors (Lipinski definition) is 5. The molecule has 1 aromatic heterocycles. The van der Waals surface area contributed by atoms with Crippen molar-refractivity contribution in [2.45, 2.75) is 39.0 Å². The summed E-state index contributed by atoms with van der Waals surface area (Å²) in [7, 11) is 0. The molecule has 4 aromatic rings. The number of rotatable bonds is 8. The molecule has 1 saturated heterocycles. The molecule has 0 bridgehead atoms. The van der Waals surface area contributed by atoms with Crippen LogP contribution < -0.4 is 5.32 Å². The zero-order valence-corrected chi connectivity index (χ0v) is 22.4. The first-order valence-electron chi connectivity index (χ1n) is 13.5. The van der Waals surface area contributed by atoms with Crippen LogP contribution in [0, 0.1) is 12.8 Å². The number of phenols is 1. The summed E-state index contributed by atoms with van der Waals surface area (Å²) >= 11 is 6.29. The minimum Gasteiger partial charge on any atom is -0.506 e. The van der Waals surface area contributed by atoms with Crippen molar-refractivity contribution in [3.63, 3.8) is 0 Å². The molecule has 0 atom stereocenters. The Hall–Kier alpha value is -3.41. The number of aromatic hydroxyl groups is 1. The second-order valence-corrected chi connectivity index (χ2v) is 11.1. The second-order valence-electron chi connectivity index (χ2n) is 10.7. The van der Waals surface area contributed by atoms with Gasteiger partial charge in [-0.2, -0.15) is 0 Å². The Labute approximate surface area is 228 Å². The van der Waals surface area contributed by atoms with E-state index in [9.17, 15) is 9.90 Å². The van der Waals surface area contributed by atoms with Crippen molar-refractivity contribution in [1.82, 2.24) is 9.88 Å². The van der Waals surface area contributed by atoms with Gasteiger partial charge < -0.3 is 15.3 Å². The number of nitrogens with one attached hydrogen (secondary N) is 1. The molecule has 2 N–H and O–H groups in total. The van der Waals surface area contributed by atoms with E-state index in [1.165, 1.54) is 31.5 Å². The predicted octanol–water partition coefficient (Wildman–Crippen LogP) is 7.54. The molecule has 2 fully saturated rings. The fourth-order valence-corrected chi connectivity index (χ4v) is 5.67. The monoisotopic (exact) mass is 525 g/mol. The lowest BCUT2D eigenvalue weighted by molar-refractivity contribution is 0.0968. The summed E-state index contributed by atoms with van der Waals surface area (Å²) < 4.78 is 0. The summed E-state index contributed by atoms with van der Waals surface area (Å²) in [6, 6.07) is 18.3. The fraction of sp³-hybridized carbons (Fsp3) is 0.312. The average Bonchev–Trinajstić information content (AvgIpc) is 3.65. The van der Waals surface area contributed by atoms with E-state index in [2.05, 4.69) is 45.5 Å². The van der Waals surface area contributed by atoms with Crippen LogP contribution in [0.2, 0.25) is 5.02 Å². The van der Waals surface area contributed by atoms with E-state index in [1.54, 1.807) is 12.3 Å². The topological polar surface area (TPSA) is 65.5 Å². The number of carbonyl (C=O) groups is 1. The number of pyridine rings is 1. The van der Waals surface area contributed by atoms with Gasteiger partial charge in [-0.3, -0.25) is 9.78 Å². The third kappa shape index (κ3) is 5.13. The van der Waals surface area contributed by atoms with Gasteiger partial charge in [0.15, 0.2) is 5.78 Å². The van der Waals surface area contributed by atoms with E-state index in [0.717, 1.165) is 59.2 Å². The van der Waals surface area contributed by atoms with Gasteiger partial charge in [-0.05, 0) is 111 Å². The lowest BCUT2D eigenvalue weighted by Crippen LogP contribution is -2.21. The van der Waals surface area contributed by atoms with E-state index >= 15 is 0 Å². The van der Waals surface area contributed by atoms with Gasteiger partial charge in [-0.25, -0.2) is 0 Å². The second kappa shape index (κ2) is 10.4. The molecular formula is C32H32ClN3O2. The van der Waals surface area contributed by atoms with E-state index in [0.29, 0.717) is 16.1 Å². The van der Waals surface area contributed by atoms with Crippen molar-refractivity contribution in [2.75, 3.05) is 25.0 Å². The molecule has 6 rings (SSSR count). The number of carbonyl (C=O) groups excluding carboxylic acids is 1. The Morgan fingerprint density at radius 2 is 1.89 bits per heavy atom. The fourth-order valence-electron chi connectivity index (χ4n) is 5.40. The number of nitrogens with zero attached hydrogens (tertiary/aromatic N) is 2. The summed E-state index contributed by atoms with van der Waals surface area (Å²) in [5, 5.41) is 15.0. The Balaban J connectivity index is 1.39. The Bertz CT molecular complexity index is 1500.